The molecule has 0 spiro atoms. The van der Waals surface area contributed by atoms with E-state index in [9.17, 15) is 9.59 Å². The van der Waals surface area contributed by atoms with Gasteiger partial charge in [-0.2, -0.15) is 0 Å². The predicted molar refractivity (Wildman–Crippen MR) is 72.7 cm³/mol. The third-order valence-electron chi connectivity index (χ3n) is 3.08. The molecule has 2 N–H and O–H groups in total. The number of carbonyl (C=O) groups excluding carboxylic acids is 2. The van der Waals surface area contributed by atoms with Crippen LogP contribution >= 0.6 is 0 Å². The van der Waals surface area contributed by atoms with E-state index in [2.05, 4.69) is 15.6 Å². The number of rotatable bonds is 6. The maximum absolute atomic E-state index is 11.6. The Morgan fingerprint density at radius 3 is 2.90 bits per heavy atom. The smallest absolute Gasteiger partial charge is 0.229 e. The van der Waals surface area contributed by atoms with Crippen LogP contribution in [0.25, 0.3) is 0 Å². The van der Waals surface area contributed by atoms with Crippen LogP contribution in [0, 0.1) is 0 Å². The van der Waals surface area contributed by atoms with E-state index in [1.54, 1.807) is 18.5 Å². The molecule has 1 saturated heterocycles. The van der Waals surface area contributed by atoms with Crippen molar-refractivity contribution in [2.24, 2.45) is 0 Å². The van der Waals surface area contributed by atoms with Crippen molar-refractivity contribution in [3.8, 4) is 0 Å². The molecule has 1 unspecified atom stereocenters. The molecule has 1 aromatic rings. The molecule has 1 fully saturated rings. The van der Waals surface area contributed by atoms with E-state index in [-0.39, 0.29) is 24.3 Å². The highest BCUT2D eigenvalue weighted by atomic mass is 16.5. The van der Waals surface area contributed by atoms with Crippen molar-refractivity contribution in [2.45, 2.75) is 31.9 Å². The average molecular weight is 277 g/mol. The summed E-state index contributed by atoms with van der Waals surface area (Å²) >= 11 is 0. The van der Waals surface area contributed by atoms with E-state index < -0.39 is 0 Å². The van der Waals surface area contributed by atoms with Gasteiger partial charge in [-0.15, -0.1) is 0 Å². The average Bonchev–Trinajstić information content (AvgIpc) is 2.97. The lowest BCUT2D eigenvalue weighted by Crippen LogP contribution is -2.35. The first kappa shape index (κ1) is 14.5. The van der Waals surface area contributed by atoms with Gasteiger partial charge in [0.2, 0.25) is 11.8 Å². The fourth-order valence-corrected chi connectivity index (χ4v) is 2.01. The zero-order chi connectivity index (χ0) is 14.2. The van der Waals surface area contributed by atoms with Crippen LogP contribution in [0.4, 0.5) is 0 Å². The van der Waals surface area contributed by atoms with Crippen molar-refractivity contribution >= 4 is 11.8 Å². The fraction of sp³-hybridized carbons (Fsp3) is 0.500. The summed E-state index contributed by atoms with van der Waals surface area (Å²) in [6, 6.07) is 3.67. The van der Waals surface area contributed by atoms with Gasteiger partial charge in [-0.3, -0.25) is 14.6 Å². The van der Waals surface area contributed by atoms with Gasteiger partial charge in [0, 0.05) is 32.1 Å². The number of amides is 2. The fourth-order valence-electron chi connectivity index (χ4n) is 2.01. The van der Waals surface area contributed by atoms with E-state index in [1.165, 1.54) is 0 Å². The molecule has 0 bridgehead atoms. The van der Waals surface area contributed by atoms with Gasteiger partial charge in [0.1, 0.15) is 6.42 Å². The van der Waals surface area contributed by atoms with Gasteiger partial charge in [0.05, 0.1) is 6.10 Å². The van der Waals surface area contributed by atoms with Crippen LogP contribution < -0.4 is 10.6 Å². The first-order valence-electron chi connectivity index (χ1n) is 6.78. The van der Waals surface area contributed by atoms with E-state index >= 15 is 0 Å². The standard InChI is InChI=1S/C14H19N3O3/c18-13(16-9-11-3-1-5-15-8-11)7-14(19)17-10-12-4-2-6-20-12/h1,3,5,8,12H,2,4,6-7,9-10H2,(H,16,18)(H,17,19). The molecule has 0 radical (unpaired) electrons. The normalized spacial score (nSPS) is 17.7. The summed E-state index contributed by atoms with van der Waals surface area (Å²) in [4.78, 5) is 27.1. The Balaban J connectivity index is 1.62. The molecule has 1 aliphatic heterocycles. The minimum absolute atomic E-state index is 0.0948. The van der Waals surface area contributed by atoms with Gasteiger partial charge in [0.15, 0.2) is 0 Å². The lowest BCUT2D eigenvalue weighted by atomic mass is 10.2. The van der Waals surface area contributed by atoms with Gasteiger partial charge in [-0.1, -0.05) is 6.07 Å². The van der Waals surface area contributed by atoms with Gasteiger partial charge < -0.3 is 15.4 Å². The number of pyridine rings is 1. The van der Waals surface area contributed by atoms with Gasteiger partial charge >= 0.3 is 0 Å². The van der Waals surface area contributed by atoms with Crippen molar-refractivity contribution in [2.75, 3.05) is 13.2 Å². The van der Waals surface area contributed by atoms with Crippen LogP contribution in [-0.2, 0) is 20.9 Å². The molecule has 6 nitrogen and oxygen atoms in total. The lowest BCUT2D eigenvalue weighted by Gasteiger charge is -2.10. The summed E-state index contributed by atoms with van der Waals surface area (Å²) in [6.45, 7) is 1.62. The molecule has 6 heteroatoms. The molecular weight excluding hydrogens is 258 g/mol. The number of nitrogens with one attached hydrogen (secondary N) is 2. The molecule has 20 heavy (non-hydrogen) atoms. The van der Waals surface area contributed by atoms with E-state index in [1.807, 2.05) is 6.07 Å². The second kappa shape index (κ2) is 7.59. The minimum atomic E-state index is -0.293. The number of ether oxygens (including phenoxy) is 1. The van der Waals surface area contributed by atoms with E-state index in [4.69, 9.17) is 4.74 Å². The highest BCUT2D eigenvalue weighted by Crippen LogP contribution is 2.10. The zero-order valence-electron chi connectivity index (χ0n) is 11.3. The molecular formula is C14H19N3O3. The molecule has 0 saturated carbocycles. The number of aromatic nitrogens is 1. The largest absolute Gasteiger partial charge is 0.376 e. The molecule has 2 rings (SSSR count). The first-order valence-corrected chi connectivity index (χ1v) is 6.78. The van der Waals surface area contributed by atoms with E-state index in [0.717, 1.165) is 25.0 Å². The van der Waals surface area contributed by atoms with Crippen molar-refractivity contribution in [1.29, 1.82) is 0 Å². The molecule has 1 aliphatic rings. The third kappa shape index (κ3) is 4.97. The van der Waals surface area contributed by atoms with Crippen molar-refractivity contribution in [3.05, 3.63) is 30.1 Å². The summed E-state index contributed by atoms with van der Waals surface area (Å²) < 4.78 is 5.39. The number of carbonyl (C=O) groups is 2. The Labute approximate surface area is 117 Å². The van der Waals surface area contributed by atoms with Crippen LogP contribution in [0.2, 0.25) is 0 Å². The summed E-state index contributed by atoms with van der Waals surface area (Å²) in [5.41, 5.74) is 0.903. The monoisotopic (exact) mass is 277 g/mol. The zero-order valence-corrected chi connectivity index (χ0v) is 11.3. The van der Waals surface area contributed by atoms with Crippen molar-refractivity contribution in [3.63, 3.8) is 0 Å². The Kier molecular flexibility index (Phi) is 5.49. The van der Waals surface area contributed by atoms with Crippen LogP contribution in [0.15, 0.2) is 24.5 Å². The highest BCUT2D eigenvalue weighted by Gasteiger charge is 2.17. The molecule has 1 aromatic heterocycles. The Morgan fingerprint density at radius 2 is 2.20 bits per heavy atom. The molecule has 108 valence electrons. The van der Waals surface area contributed by atoms with Crippen molar-refractivity contribution < 1.29 is 14.3 Å². The van der Waals surface area contributed by atoms with Crippen molar-refractivity contribution in [1.82, 2.24) is 15.6 Å². The van der Waals surface area contributed by atoms with Crippen LogP contribution in [0.5, 0.6) is 0 Å². The quantitative estimate of drug-likeness (QED) is 0.737. The molecule has 0 aliphatic carbocycles. The number of nitrogens with zero attached hydrogens (tertiary/aromatic N) is 1. The maximum atomic E-state index is 11.6. The summed E-state index contributed by atoms with van der Waals surface area (Å²) in [6.07, 6.45) is 5.28. The lowest BCUT2D eigenvalue weighted by molar-refractivity contribution is -0.129. The minimum Gasteiger partial charge on any atom is -0.376 e. The highest BCUT2D eigenvalue weighted by molar-refractivity contribution is 5.96. The Hall–Kier alpha value is -1.95. The second-order valence-electron chi connectivity index (χ2n) is 4.75. The van der Waals surface area contributed by atoms with Gasteiger partial charge in [-0.25, -0.2) is 0 Å². The van der Waals surface area contributed by atoms with E-state index in [0.29, 0.717) is 13.1 Å². The van der Waals surface area contributed by atoms with Crippen LogP contribution in [0.3, 0.4) is 0 Å². The molecule has 1 atom stereocenters. The van der Waals surface area contributed by atoms with Crippen LogP contribution in [0.1, 0.15) is 24.8 Å². The second-order valence-corrected chi connectivity index (χ2v) is 4.75. The summed E-state index contributed by atoms with van der Waals surface area (Å²) in [7, 11) is 0. The first-order chi connectivity index (χ1) is 9.74. The molecule has 2 amide bonds. The summed E-state index contributed by atoms with van der Waals surface area (Å²) in [5, 5.41) is 5.40. The third-order valence-corrected chi connectivity index (χ3v) is 3.08. The predicted octanol–water partition coefficient (Wildman–Crippen LogP) is 0.383. The SMILES string of the molecule is O=C(CC(=O)NCC1CCCO1)NCc1cccnc1. The Bertz CT molecular complexity index is 444. The van der Waals surface area contributed by atoms with Gasteiger partial charge in [-0.05, 0) is 24.5 Å². The molecule has 0 aromatic carbocycles. The van der Waals surface area contributed by atoms with Gasteiger partial charge in [0.25, 0.3) is 0 Å². The maximum Gasteiger partial charge on any atom is 0.229 e. The number of hydrogen-bond acceptors (Lipinski definition) is 4. The molecule has 2 heterocycles. The Morgan fingerprint density at radius 1 is 1.35 bits per heavy atom. The topological polar surface area (TPSA) is 80.3 Å². The number of hydrogen-bond donors (Lipinski definition) is 2. The van der Waals surface area contributed by atoms with Crippen LogP contribution in [-0.4, -0.2) is 36.1 Å². The summed E-state index contributed by atoms with van der Waals surface area (Å²) in [5.74, 6) is -0.567.